The van der Waals surface area contributed by atoms with E-state index in [2.05, 4.69) is 121 Å². The van der Waals surface area contributed by atoms with Gasteiger partial charge in [0.15, 0.2) is 0 Å². The van der Waals surface area contributed by atoms with Gasteiger partial charge in [-0.1, -0.05) is 121 Å². The van der Waals surface area contributed by atoms with Crippen molar-refractivity contribution in [2.45, 2.75) is 24.1 Å². The summed E-state index contributed by atoms with van der Waals surface area (Å²) in [6.07, 6.45) is 0. The van der Waals surface area contributed by atoms with Crippen LogP contribution >= 0.6 is 15.9 Å². The highest BCUT2D eigenvalue weighted by Crippen LogP contribution is 2.52. The molecule has 122 valence electrons. The fraction of sp³-hybridized carbons (Fsp3) is 0.217. The molecule has 0 spiro atoms. The molecular weight excluding hydrogens is 356 g/mol. The van der Waals surface area contributed by atoms with Gasteiger partial charge in [-0.15, -0.1) is 0 Å². The third-order valence-electron chi connectivity index (χ3n) is 4.64. The van der Waals surface area contributed by atoms with E-state index in [4.69, 9.17) is 0 Å². The number of benzene rings is 3. The summed E-state index contributed by atoms with van der Waals surface area (Å²) in [5.41, 5.74) is 3.94. The number of alkyl halides is 1. The minimum Gasteiger partial charge on any atom is -0.0742 e. The Morgan fingerprint density at radius 2 is 1.00 bits per heavy atom. The van der Waals surface area contributed by atoms with E-state index in [-0.39, 0.29) is 4.32 Å². The number of halogens is 1. The van der Waals surface area contributed by atoms with E-state index in [0.29, 0.717) is 11.8 Å². The Morgan fingerprint density at radius 3 is 1.38 bits per heavy atom. The Hall–Kier alpha value is -1.86. The maximum absolute atomic E-state index is 4.21. The van der Waals surface area contributed by atoms with Crippen molar-refractivity contribution in [3.05, 3.63) is 108 Å². The lowest BCUT2D eigenvalue weighted by Gasteiger charge is -2.40. The van der Waals surface area contributed by atoms with Crippen molar-refractivity contribution in [1.82, 2.24) is 0 Å². The fourth-order valence-electron chi connectivity index (χ4n) is 3.62. The Morgan fingerprint density at radius 1 is 0.625 bits per heavy atom. The largest absolute Gasteiger partial charge is 0.0825 e. The topological polar surface area (TPSA) is 0 Å². The Balaban J connectivity index is 2.24. The van der Waals surface area contributed by atoms with Crippen molar-refractivity contribution in [3.8, 4) is 0 Å². The molecule has 0 radical (unpaired) electrons. The van der Waals surface area contributed by atoms with E-state index in [0.717, 1.165) is 0 Å². The van der Waals surface area contributed by atoms with Crippen molar-refractivity contribution in [1.29, 1.82) is 0 Å². The second kappa shape index (κ2) is 7.36. The van der Waals surface area contributed by atoms with Gasteiger partial charge >= 0.3 is 0 Å². The van der Waals surface area contributed by atoms with Gasteiger partial charge in [0, 0.05) is 5.92 Å². The zero-order valence-electron chi connectivity index (χ0n) is 14.2. The molecule has 3 aromatic carbocycles. The quantitative estimate of drug-likeness (QED) is 0.430. The summed E-state index contributed by atoms with van der Waals surface area (Å²) in [5.74, 6) is 0.802. The van der Waals surface area contributed by atoms with Crippen LogP contribution in [-0.2, 0) is 4.32 Å². The summed E-state index contributed by atoms with van der Waals surface area (Å²) in [6, 6.07) is 32.4. The molecule has 3 aromatic rings. The smallest absolute Gasteiger partial charge is 0.0742 e. The molecule has 24 heavy (non-hydrogen) atoms. The highest BCUT2D eigenvalue weighted by molar-refractivity contribution is 9.09. The number of hydrogen-bond acceptors (Lipinski definition) is 0. The lowest BCUT2D eigenvalue weighted by molar-refractivity contribution is 0.432. The van der Waals surface area contributed by atoms with Crippen molar-refractivity contribution < 1.29 is 0 Å². The maximum atomic E-state index is 4.21. The zero-order chi connectivity index (χ0) is 17.0. The van der Waals surface area contributed by atoms with Crippen LogP contribution in [0.25, 0.3) is 0 Å². The van der Waals surface area contributed by atoms with Crippen molar-refractivity contribution in [2.75, 3.05) is 0 Å². The van der Waals surface area contributed by atoms with E-state index >= 15 is 0 Å². The van der Waals surface area contributed by atoms with E-state index in [1.165, 1.54) is 16.7 Å². The summed E-state index contributed by atoms with van der Waals surface area (Å²) in [4.78, 5) is 0. The lowest BCUT2D eigenvalue weighted by Crippen LogP contribution is -2.32. The van der Waals surface area contributed by atoms with Crippen LogP contribution < -0.4 is 0 Å². The monoisotopic (exact) mass is 378 g/mol. The first-order chi connectivity index (χ1) is 11.6. The first kappa shape index (κ1) is 17.0. The molecule has 0 aliphatic rings. The molecule has 0 nitrogen and oxygen atoms in total. The summed E-state index contributed by atoms with van der Waals surface area (Å²) in [6.45, 7) is 4.61. The van der Waals surface area contributed by atoms with Gasteiger partial charge in [-0.25, -0.2) is 0 Å². The third-order valence-corrected chi connectivity index (χ3v) is 6.05. The molecule has 1 heteroatoms. The maximum Gasteiger partial charge on any atom is 0.0825 e. The minimum absolute atomic E-state index is 0.259. The van der Waals surface area contributed by atoms with E-state index in [1.54, 1.807) is 0 Å². The molecule has 0 saturated carbocycles. The number of rotatable bonds is 5. The standard InChI is InChI=1S/C23H23Br/c1-18(2)22(19-12-6-3-7-13-19)23(24,20-14-8-4-9-15-20)21-16-10-5-11-17-21/h3-18,22H,1-2H3. The molecule has 0 saturated heterocycles. The first-order valence-corrected chi connectivity index (χ1v) is 9.28. The molecule has 0 aliphatic heterocycles. The Labute approximate surface area is 153 Å². The zero-order valence-corrected chi connectivity index (χ0v) is 15.8. The van der Waals surface area contributed by atoms with Crippen LogP contribution in [-0.4, -0.2) is 0 Å². The summed E-state index contributed by atoms with van der Waals surface area (Å²) < 4.78 is -0.259. The molecule has 0 amide bonds. The minimum atomic E-state index is -0.259. The van der Waals surface area contributed by atoms with Crippen LogP contribution in [0.2, 0.25) is 0 Å². The molecule has 0 N–H and O–H groups in total. The van der Waals surface area contributed by atoms with Gasteiger partial charge in [0.1, 0.15) is 0 Å². The molecule has 0 aromatic heterocycles. The van der Waals surface area contributed by atoms with Gasteiger partial charge in [-0.3, -0.25) is 0 Å². The van der Waals surface area contributed by atoms with Gasteiger partial charge in [-0.2, -0.15) is 0 Å². The first-order valence-electron chi connectivity index (χ1n) is 8.49. The van der Waals surface area contributed by atoms with E-state index < -0.39 is 0 Å². The molecule has 1 atom stereocenters. The molecule has 3 rings (SSSR count). The van der Waals surface area contributed by atoms with Gasteiger partial charge in [-0.05, 0) is 22.6 Å². The van der Waals surface area contributed by atoms with Crippen LogP contribution in [0.1, 0.15) is 36.5 Å². The average Bonchev–Trinajstić information content (AvgIpc) is 2.64. The highest BCUT2D eigenvalue weighted by Gasteiger charge is 2.42. The molecule has 0 bridgehead atoms. The summed E-state index contributed by atoms with van der Waals surface area (Å²) >= 11 is 4.21. The molecule has 0 aliphatic carbocycles. The number of hydrogen-bond donors (Lipinski definition) is 0. The summed E-state index contributed by atoms with van der Waals surface area (Å²) in [5, 5.41) is 0. The Kier molecular flexibility index (Phi) is 5.20. The van der Waals surface area contributed by atoms with Crippen molar-refractivity contribution >= 4 is 15.9 Å². The average molecular weight is 379 g/mol. The van der Waals surface area contributed by atoms with Gasteiger partial charge in [0.25, 0.3) is 0 Å². The van der Waals surface area contributed by atoms with Crippen LogP contribution in [0.15, 0.2) is 91.0 Å². The molecule has 0 fully saturated rings. The van der Waals surface area contributed by atoms with E-state index in [9.17, 15) is 0 Å². The highest BCUT2D eigenvalue weighted by atomic mass is 79.9. The van der Waals surface area contributed by atoms with Gasteiger partial charge < -0.3 is 0 Å². The second-order valence-corrected chi connectivity index (χ2v) is 7.83. The van der Waals surface area contributed by atoms with E-state index in [1.807, 2.05) is 0 Å². The second-order valence-electron chi connectivity index (χ2n) is 6.58. The van der Waals surface area contributed by atoms with Gasteiger partial charge in [0.2, 0.25) is 0 Å². The van der Waals surface area contributed by atoms with Crippen molar-refractivity contribution in [3.63, 3.8) is 0 Å². The van der Waals surface area contributed by atoms with Crippen LogP contribution in [0, 0.1) is 5.92 Å². The van der Waals surface area contributed by atoms with Crippen molar-refractivity contribution in [2.24, 2.45) is 5.92 Å². The normalized spacial score (nSPS) is 13.0. The van der Waals surface area contributed by atoms with Crippen LogP contribution in [0.3, 0.4) is 0 Å². The van der Waals surface area contributed by atoms with Crippen LogP contribution in [0.5, 0.6) is 0 Å². The summed E-state index contributed by atoms with van der Waals surface area (Å²) in [7, 11) is 0. The lowest BCUT2D eigenvalue weighted by atomic mass is 9.72. The SMILES string of the molecule is CC(C)C(c1ccccc1)C(Br)(c1ccccc1)c1ccccc1. The molecule has 1 unspecified atom stereocenters. The Bertz CT molecular complexity index is 708. The fourth-order valence-corrected chi connectivity index (χ4v) is 4.94. The predicted molar refractivity (Wildman–Crippen MR) is 107 cm³/mol. The third kappa shape index (κ3) is 3.18. The molecular formula is C23H23Br. The molecule has 0 heterocycles. The predicted octanol–water partition coefficient (Wildman–Crippen LogP) is 6.76. The van der Waals surface area contributed by atoms with Crippen LogP contribution in [0.4, 0.5) is 0 Å². The van der Waals surface area contributed by atoms with Gasteiger partial charge in [0.05, 0.1) is 4.32 Å².